The Morgan fingerprint density at radius 1 is 1.10 bits per heavy atom. The van der Waals surface area contributed by atoms with Gasteiger partial charge < -0.3 is 20.5 Å². The van der Waals surface area contributed by atoms with Gasteiger partial charge in [-0.05, 0) is 61.9 Å². The standard InChI is InChI=1S/C30H23F2N7O2/c1-14(28-23(16-5-3-6-18(31)11-16)27(40)24-19(32)7-4-8-22(24)41-28)37-30-25(29(34)35-13-36-30)26(33)17-9-10-20-21(12-17)39-15(2)38-20/h3-14,33H,1-2H3,(H,38,39)(H3,34,35,36,37)/p+1. The Morgan fingerprint density at radius 2 is 1.90 bits per heavy atom. The second-order valence-corrected chi connectivity index (χ2v) is 9.61. The van der Waals surface area contributed by atoms with E-state index in [9.17, 15) is 13.6 Å². The topological polar surface area (TPSA) is 148 Å². The molecule has 204 valence electrons. The van der Waals surface area contributed by atoms with Crippen molar-refractivity contribution >= 4 is 39.4 Å². The van der Waals surface area contributed by atoms with Crippen molar-refractivity contribution in [2.24, 2.45) is 0 Å². The number of benzene rings is 3. The van der Waals surface area contributed by atoms with Gasteiger partial charge in [0.25, 0.3) is 0 Å². The predicted octanol–water partition coefficient (Wildman–Crippen LogP) is 4.06. The van der Waals surface area contributed by atoms with Gasteiger partial charge in [-0.3, -0.25) is 10.2 Å². The summed E-state index contributed by atoms with van der Waals surface area (Å²) in [6, 6.07) is 14.4. The molecule has 0 radical (unpaired) electrons. The maximum atomic E-state index is 14.7. The third-order valence-corrected chi connectivity index (χ3v) is 6.81. The first-order valence-electron chi connectivity index (χ1n) is 12.7. The molecule has 0 amide bonds. The van der Waals surface area contributed by atoms with Crippen molar-refractivity contribution in [3.63, 3.8) is 0 Å². The molecule has 11 heteroatoms. The van der Waals surface area contributed by atoms with E-state index in [0.29, 0.717) is 16.8 Å². The molecule has 6 rings (SSSR count). The number of nitrogens with two attached hydrogens (primary N) is 2. The van der Waals surface area contributed by atoms with Crippen molar-refractivity contribution in [1.29, 1.82) is 0 Å². The number of rotatable bonds is 6. The third kappa shape index (κ3) is 4.56. The van der Waals surface area contributed by atoms with Gasteiger partial charge >= 0.3 is 0 Å². The highest BCUT2D eigenvalue weighted by Crippen LogP contribution is 2.33. The molecule has 9 nitrogen and oxygen atoms in total. The summed E-state index contributed by atoms with van der Waals surface area (Å²) in [6.45, 7) is 3.58. The van der Waals surface area contributed by atoms with E-state index >= 15 is 0 Å². The first kappa shape index (κ1) is 25.8. The Hall–Kier alpha value is -5.45. The van der Waals surface area contributed by atoms with Crippen LogP contribution in [0, 0.1) is 18.6 Å². The Bertz CT molecular complexity index is 2050. The highest BCUT2D eigenvalue weighted by Gasteiger charge is 2.27. The van der Waals surface area contributed by atoms with E-state index in [1.165, 1.54) is 42.7 Å². The van der Waals surface area contributed by atoms with Crippen LogP contribution >= 0.6 is 0 Å². The molecule has 3 aromatic carbocycles. The quantitative estimate of drug-likeness (QED) is 0.228. The first-order chi connectivity index (χ1) is 19.7. The minimum Gasteiger partial charge on any atom is -0.458 e. The largest absolute Gasteiger partial charge is 0.458 e. The number of anilines is 2. The molecule has 0 fully saturated rings. The van der Waals surface area contributed by atoms with Crippen LogP contribution in [-0.2, 0) is 0 Å². The average molecular weight is 553 g/mol. The lowest BCUT2D eigenvalue weighted by atomic mass is 9.98. The van der Waals surface area contributed by atoms with Gasteiger partial charge in [0.2, 0.25) is 11.1 Å². The van der Waals surface area contributed by atoms with E-state index < -0.39 is 23.1 Å². The monoisotopic (exact) mass is 552 g/mol. The Balaban J connectivity index is 1.46. The maximum absolute atomic E-state index is 14.7. The smallest absolute Gasteiger partial charge is 0.218 e. The van der Waals surface area contributed by atoms with Crippen LogP contribution in [0.25, 0.3) is 33.1 Å². The van der Waals surface area contributed by atoms with Gasteiger partial charge in [0.1, 0.15) is 57.7 Å². The summed E-state index contributed by atoms with van der Waals surface area (Å²) in [7, 11) is 0. The average Bonchev–Trinajstić information content (AvgIpc) is 3.32. The molecule has 0 bridgehead atoms. The lowest BCUT2D eigenvalue weighted by Gasteiger charge is -2.19. The van der Waals surface area contributed by atoms with Crippen molar-refractivity contribution < 1.29 is 18.6 Å². The zero-order valence-corrected chi connectivity index (χ0v) is 22.0. The van der Waals surface area contributed by atoms with Crippen LogP contribution in [0.15, 0.2) is 76.2 Å². The van der Waals surface area contributed by atoms with Crippen LogP contribution in [0.4, 0.5) is 20.4 Å². The van der Waals surface area contributed by atoms with E-state index in [4.69, 9.17) is 15.6 Å². The second kappa shape index (κ2) is 9.94. The highest BCUT2D eigenvalue weighted by molar-refractivity contribution is 6.15. The molecule has 6 N–H and O–H groups in total. The van der Waals surface area contributed by atoms with Gasteiger partial charge in [-0.2, -0.15) is 0 Å². The lowest BCUT2D eigenvalue weighted by Crippen LogP contribution is -2.42. The number of hydrogen-bond acceptors (Lipinski definition) is 7. The number of fused-ring (bicyclic) bond motifs is 2. The molecular weight excluding hydrogens is 528 g/mol. The molecule has 0 spiro atoms. The fourth-order valence-corrected chi connectivity index (χ4v) is 4.93. The van der Waals surface area contributed by atoms with Crippen LogP contribution in [-0.4, -0.2) is 25.6 Å². The van der Waals surface area contributed by atoms with Gasteiger partial charge in [-0.25, -0.2) is 23.7 Å². The van der Waals surface area contributed by atoms with Crippen molar-refractivity contribution in [2.45, 2.75) is 19.9 Å². The van der Waals surface area contributed by atoms with E-state index in [-0.39, 0.29) is 39.5 Å². The van der Waals surface area contributed by atoms with Crippen molar-refractivity contribution in [3.05, 3.63) is 112 Å². The summed E-state index contributed by atoms with van der Waals surface area (Å²) >= 11 is 0. The highest BCUT2D eigenvalue weighted by atomic mass is 19.1. The fourth-order valence-electron chi connectivity index (χ4n) is 4.93. The number of hydrogen-bond donors (Lipinski definition) is 4. The molecule has 0 aliphatic heterocycles. The number of nitrogens with one attached hydrogen (secondary N) is 2. The Labute approximate surface area is 231 Å². The summed E-state index contributed by atoms with van der Waals surface area (Å²) in [5.41, 5.74) is 8.85. The van der Waals surface area contributed by atoms with E-state index in [1.54, 1.807) is 13.0 Å². The summed E-state index contributed by atoms with van der Waals surface area (Å²) in [5, 5.41) is 9.60. The SMILES string of the molecule is Cc1nc2ccc(C(=[NH2+])c3c(N)ncnc3NC(C)c3oc4cccc(F)c4c(=O)c3-c3cccc(F)c3)cc2[nH]1. The van der Waals surface area contributed by atoms with Gasteiger partial charge in [0, 0.05) is 5.56 Å². The van der Waals surface area contributed by atoms with Crippen molar-refractivity contribution in [3.8, 4) is 11.1 Å². The summed E-state index contributed by atoms with van der Waals surface area (Å²) in [6.07, 6.45) is 1.28. The molecule has 1 unspecified atom stereocenters. The minimum absolute atomic E-state index is 0.0164. The van der Waals surface area contributed by atoms with Crippen molar-refractivity contribution in [2.75, 3.05) is 11.1 Å². The van der Waals surface area contributed by atoms with Gasteiger partial charge in [-0.15, -0.1) is 0 Å². The van der Waals surface area contributed by atoms with Crippen LogP contribution in [0.3, 0.4) is 0 Å². The molecule has 0 aliphatic rings. The molecule has 41 heavy (non-hydrogen) atoms. The normalized spacial score (nSPS) is 12.1. The maximum Gasteiger partial charge on any atom is 0.218 e. The van der Waals surface area contributed by atoms with Crippen LogP contribution < -0.4 is 21.9 Å². The second-order valence-electron chi connectivity index (χ2n) is 9.61. The first-order valence-corrected chi connectivity index (χ1v) is 12.7. The summed E-state index contributed by atoms with van der Waals surface area (Å²) in [5.74, 6) is 0.0182. The number of nitrogen functional groups attached to an aromatic ring is 1. The van der Waals surface area contributed by atoms with Crippen LogP contribution in [0.1, 0.15) is 35.7 Å². The Kier molecular flexibility index (Phi) is 6.26. The molecule has 0 saturated heterocycles. The van der Waals surface area contributed by atoms with E-state index in [2.05, 4.69) is 25.3 Å². The summed E-state index contributed by atoms with van der Waals surface area (Å²) < 4.78 is 35.1. The number of imidazole rings is 1. The van der Waals surface area contributed by atoms with Gasteiger partial charge in [0.15, 0.2) is 0 Å². The zero-order valence-electron chi connectivity index (χ0n) is 22.0. The Morgan fingerprint density at radius 3 is 2.71 bits per heavy atom. The molecule has 0 saturated carbocycles. The molecule has 6 aromatic rings. The zero-order chi connectivity index (χ0) is 28.8. The van der Waals surface area contributed by atoms with Crippen LogP contribution in [0.5, 0.6) is 0 Å². The van der Waals surface area contributed by atoms with Crippen molar-refractivity contribution in [1.82, 2.24) is 19.9 Å². The van der Waals surface area contributed by atoms with Gasteiger partial charge in [-0.1, -0.05) is 18.2 Å². The lowest BCUT2D eigenvalue weighted by molar-refractivity contribution is -0.111. The van der Waals surface area contributed by atoms with E-state index in [0.717, 1.165) is 16.9 Å². The number of H-pyrrole nitrogens is 1. The molecule has 0 aliphatic carbocycles. The molecule has 1 atom stereocenters. The number of halogens is 2. The molecule has 3 heterocycles. The fraction of sp³-hybridized carbons (Fsp3) is 0.100. The molecular formula is C30H24F2N7O2+. The third-order valence-electron chi connectivity index (χ3n) is 6.81. The van der Waals surface area contributed by atoms with Gasteiger partial charge in [0.05, 0.1) is 22.6 Å². The van der Waals surface area contributed by atoms with Crippen LogP contribution in [0.2, 0.25) is 0 Å². The number of nitrogens with zero attached hydrogens (tertiary/aromatic N) is 3. The number of aromatic amines is 1. The predicted molar refractivity (Wildman–Crippen MR) is 152 cm³/mol. The van der Waals surface area contributed by atoms with E-state index in [1.807, 2.05) is 25.1 Å². The summed E-state index contributed by atoms with van der Waals surface area (Å²) in [4.78, 5) is 29.7. The minimum atomic E-state index is -0.737. The number of aryl methyl sites for hydroxylation is 1. The molecule has 3 aromatic heterocycles. The number of aromatic nitrogens is 4.